The van der Waals surface area contributed by atoms with Crippen LogP contribution in [-0.4, -0.2) is 9.38 Å². The first-order valence-corrected chi connectivity index (χ1v) is 5.19. The SMILES string of the molecule is CC(N)c1c(Cl)nc2ccc(C(F)(F)F)cn12. The average molecular weight is 264 g/mol. The van der Waals surface area contributed by atoms with Gasteiger partial charge in [-0.3, -0.25) is 0 Å². The number of pyridine rings is 1. The third-order valence-electron chi connectivity index (χ3n) is 2.37. The van der Waals surface area contributed by atoms with Crippen molar-refractivity contribution in [2.45, 2.75) is 19.1 Å². The molecule has 2 aromatic rings. The second kappa shape index (κ2) is 3.89. The first-order valence-electron chi connectivity index (χ1n) is 4.81. The molecule has 7 heteroatoms. The smallest absolute Gasteiger partial charge is 0.323 e. The molecular formula is C10H9ClF3N3. The summed E-state index contributed by atoms with van der Waals surface area (Å²) < 4.78 is 38.9. The number of halogens is 4. The molecule has 1 atom stereocenters. The number of imidazole rings is 1. The van der Waals surface area contributed by atoms with Gasteiger partial charge in [0.2, 0.25) is 0 Å². The molecule has 0 spiro atoms. The molecule has 2 N–H and O–H groups in total. The van der Waals surface area contributed by atoms with Gasteiger partial charge in [0.25, 0.3) is 0 Å². The number of fused-ring (bicyclic) bond motifs is 1. The van der Waals surface area contributed by atoms with E-state index in [0.29, 0.717) is 11.3 Å². The molecule has 2 aromatic heterocycles. The molecule has 0 amide bonds. The summed E-state index contributed by atoms with van der Waals surface area (Å²) in [6, 6.07) is 1.73. The summed E-state index contributed by atoms with van der Waals surface area (Å²) in [5.41, 5.74) is 5.61. The van der Waals surface area contributed by atoms with Crippen LogP contribution in [0, 0.1) is 0 Å². The molecule has 0 aliphatic carbocycles. The summed E-state index contributed by atoms with van der Waals surface area (Å²) in [5.74, 6) is 0. The van der Waals surface area contributed by atoms with Crippen molar-refractivity contribution in [1.82, 2.24) is 9.38 Å². The zero-order valence-corrected chi connectivity index (χ0v) is 9.55. The Balaban J connectivity index is 2.71. The summed E-state index contributed by atoms with van der Waals surface area (Å²) in [6.45, 7) is 1.63. The first kappa shape index (κ1) is 12.2. The van der Waals surface area contributed by atoms with E-state index < -0.39 is 17.8 Å². The predicted molar refractivity (Wildman–Crippen MR) is 57.8 cm³/mol. The van der Waals surface area contributed by atoms with Gasteiger partial charge in [-0.05, 0) is 19.1 Å². The maximum absolute atomic E-state index is 12.6. The van der Waals surface area contributed by atoms with Crippen LogP contribution < -0.4 is 5.73 Å². The van der Waals surface area contributed by atoms with Crippen molar-refractivity contribution in [3.05, 3.63) is 34.7 Å². The summed E-state index contributed by atoms with van der Waals surface area (Å²) in [4.78, 5) is 3.94. The van der Waals surface area contributed by atoms with Gasteiger partial charge in [-0.15, -0.1) is 0 Å². The Bertz CT molecular complexity index is 560. The molecule has 0 aliphatic rings. The number of nitrogens with two attached hydrogens (primary N) is 1. The van der Waals surface area contributed by atoms with E-state index in [-0.39, 0.29) is 5.15 Å². The molecule has 0 fully saturated rings. The van der Waals surface area contributed by atoms with E-state index in [1.165, 1.54) is 10.5 Å². The molecule has 0 aromatic carbocycles. The fourth-order valence-electron chi connectivity index (χ4n) is 1.61. The fraction of sp³-hybridized carbons (Fsp3) is 0.300. The number of nitrogens with zero attached hydrogens (tertiary/aromatic N) is 2. The van der Waals surface area contributed by atoms with Crippen molar-refractivity contribution < 1.29 is 13.2 Å². The van der Waals surface area contributed by atoms with E-state index in [0.717, 1.165) is 12.3 Å². The summed E-state index contributed by atoms with van der Waals surface area (Å²) in [5, 5.41) is 0.124. The Kier molecular flexibility index (Phi) is 2.79. The minimum absolute atomic E-state index is 0.124. The van der Waals surface area contributed by atoms with Gasteiger partial charge in [0.1, 0.15) is 5.65 Å². The van der Waals surface area contributed by atoms with Crippen molar-refractivity contribution in [3.8, 4) is 0 Å². The van der Waals surface area contributed by atoms with Crippen molar-refractivity contribution in [2.75, 3.05) is 0 Å². The van der Waals surface area contributed by atoms with Crippen LogP contribution in [0.1, 0.15) is 24.2 Å². The van der Waals surface area contributed by atoms with Crippen LogP contribution in [-0.2, 0) is 6.18 Å². The van der Waals surface area contributed by atoms with Crippen molar-refractivity contribution in [3.63, 3.8) is 0 Å². The highest BCUT2D eigenvalue weighted by atomic mass is 35.5. The van der Waals surface area contributed by atoms with E-state index >= 15 is 0 Å². The Hall–Kier alpha value is -1.27. The third kappa shape index (κ3) is 2.10. The Morgan fingerprint density at radius 3 is 2.59 bits per heavy atom. The van der Waals surface area contributed by atoms with E-state index in [2.05, 4.69) is 4.98 Å². The summed E-state index contributed by atoms with van der Waals surface area (Å²) in [7, 11) is 0. The predicted octanol–water partition coefficient (Wildman–Crippen LogP) is 3.03. The van der Waals surface area contributed by atoms with Gasteiger partial charge < -0.3 is 10.1 Å². The molecule has 0 bridgehead atoms. The largest absolute Gasteiger partial charge is 0.417 e. The number of alkyl halides is 3. The van der Waals surface area contributed by atoms with Crippen molar-refractivity contribution >= 4 is 17.2 Å². The van der Waals surface area contributed by atoms with Gasteiger partial charge in [-0.1, -0.05) is 11.6 Å². The zero-order valence-electron chi connectivity index (χ0n) is 8.79. The maximum Gasteiger partial charge on any atom is 0.417 e. The number of rotatable bonds is 1. The second-order valence-electron chi connectivity index (χ2n) is 3.72. The fourth-order valence-corrected chi connectivity index (χ4v) is 1.96. The molecule has 3 nitrogen and oxygen atoms in total. The van der Waals surface area contributed by atoms with Crippen LogP contribution in [0.5, 0.6) is 0 Å². The lowest BCUT2D eigenvalue weighted by atomic mass is 10.2. The van der Waals surface area contributed by atoms with Crippen molar-refractivity contribution in [2.24, 2.45) is 5.73 Å². The lowest BCUT2D eigenvalue weighted by Gasteiger charge is -2.09. The molecule has 17 heavy (non-hydrogen) atoms. The minimum atomic E-state index is -4.40. The van der Waals surface area contributed by atoms with Crippen LogP contribution in [0.15, 0.2) is 18.3 Å². The number of hydrogen-bond acceptors (Lipinski definition) is 2. The Labute approximate surface area is 100 Å². The van der Waals surface area contributed by atoms with Gasteiger partial charge >= 0.3 is 6.18 Å². The van der Waals surface area contributed by atoms with E-state index in [9.17, 15) is 13.2 Å². The molecule has 0 saturated heterocycles. The lowest BCUT2D eigenvalue weighted by molar-refractivity contribution is -0.137. The van der Waals surface area contributed by atoms with Gasteiger partial charge in [-0.2, -0.15) is 13.2 Å². The number of hydrogen-bond donors (Lipinski definition) is 1. The Morgan fingerprint density at radius 1 is 1.41 bits per heavy atom. The maximum atomic E-state index is 12.6. The van der Waals surface area contributed by atoms with E-state index in [4.69, 9.17) is 17.3 Å². The van der Waals surface area contributed by atoms with Crippen LogP contribution in [0.2, 0.25) is 5.15 Å². The molecule has 0 saturated carbocycles. The van der Waals surface area contributed by atoms with Crippen molar-refractivity contribution in [1.29, 1.82) is 0 Å². The average Bonchev–Trinajstić information content (AvgIpc) is 2.50. The Morgan fingerprint density at radius 2 is 2.06 bits per heavy atom. The number of aromatic nitrogens is 2. The highest BCUT2D eigenvalue weighted by molar-refractivity contribution is 6.30. The summed E-state index contributed by atoms with van der Waals surface area (Å²) >= 11 is 5.84. The van der Waals surface area contributed by atoms with Gasteiger partial charge in [0.15, 0.2) is 5.15 Å². The lowest BCUT2D eigenvalue weighted by Crippen LogP contribution is -2.11. The minimum Gasteiger partial charge on any atom is -0.323 e. The molecule has 0 radical (unpaired) electrons. The zero-order chi connectivity index (χ0) is 12.8. The quantitative estimate of drug-likeness (QED) is 0.859. The van der Waals surface area contributed by atoms with Gasteiger partial charge in [0, 0.05) is 12.2 Å². The molecule has 0 aliphatic heterocycles. The first-order chi connectivity index (χ1) is 7.80. The molecule has 2 heterocycles. The molecular weight excluding hydrogens is 255 g/mol. The topological polar surface area (TPSA) is 43.3 Å². The molecule has 2 rings (SSSR count). The van der Waals surface area contributed by atoms with Gasteiger partial charge in [0.05, 0.1) is 11.3 Å². The molecule has 1 unspecified atom stereocenters. The third-order valence-corrected chi connectivity index (χ3v) is 2.65. The van der Waals surface area contributed by atoms with Crippen LogP contribution >= 0.6 is 11.6 Å². The summed E-state index contributed by atoms with van der Waals surface area (Å²) in [6.07, 6.45) is -3.45. The normalized spacial score (nSPS) is 14.2. The van der Waals surface area contributed by atoms with E-state index in [1.54, 1.807) is 6.92 Å². The van der Waals surface area contributed by atoms with Gasteiger partial charge in [-0.25, -0.2) is 4.98 Å². The highest BCUT2D eigenvalue weighted by Crippen LogP contribution is 2.31. The second-order valence-corrected chi connectivity index (χ2v) is 4.08. The molecule has 92 valence electrons. The van der Waals surface area contributed by atoms with Crippen LogP contribution in [0.3, 0.4) is 0 Å². The standard InChI is InChI=1S/C10H9ClF3N3/c1-5(15)8-9(11)16-7-3-2-6(4-17(7)8)10(12,13)14/h2-5H,15H2,1H3. The van der Waals surface area contributed by atoms with Crippen LogP contribution in [0.25, 0.3) is 5.65 Å². The highest BCUT2D eigenvalue weighted by Gasteiger charge is 2.31. The van der Waals surface area contributed by atoms with Crippen LogP contribution in [0.4, 0.5) is 13.2 Å². The van der Waals surface area contributed by atoms with E-state index in [1.807, 2.05) is 0 Å². The monoisotopic (exact) mass is 263 g/mol.